The number of nitrogens with zero attached hydrogens (tertiary/aromatic N) is 1. The molecule has 2 heterocycles. The summed E-state index contributed by atoms with van der Waals surface area (Å²) in [7, 11) is 0. The summed E-state index contributed by atoms with van der Waals surface area (Å²) in [5.74, 6) is -0.420. The maximum Gasteiger partial charge on any atom is 0.235 e. The largest absolute Gasteiger partial charge is 0.394 e. The summed E-state index contributed by atoms with van der Waals surface area (Å²) in [6.45, 7) is 0.705. The number of hydrogen-bond donors (Lipinski definition) is 5. The molecule has 0 radical (unpaired) electrons. The Morgan fingerprint density at radius 2 is 2.12 bits per heavy atom. The molecule has 5 atom stereocenters. The first-order chi connectivity index (χ1) is 7.45. The molecule has 2 aliphatic rings. The quantitative estimate of drug-likeness (QED) is 0.297. The second-order valence-electron chi connectivity index (χ2n) is 3.94. The van der Waals surface area contributed by atoms with E-state index in [-0.39, 0.29) is 0 Å². The lowest BCUT2D eigenvalue weighted by atomic mass is 9.94. The molecule has 0 aromatic rings. The van der Waals surface area contributed by atoms with Crippen LogP contribution in [-0.2, 0) is 9.53 Å². The van der Waals surface area contributed by atoms with Gasteiger partial charge in [-0.1, -0.05) is 0 Å². The molecule has 2 rings (SSSR count). The summed E-state index contributed by atoms with van der Waals surface area (Å²) >= 11 is 0. The van der Waals surface area contributed by atoms with Gasteiger partial charge in [-0.05, 0) is 0 Å². The molecule has 8 heteroatoms. The molecule has 2 saturated heterocycles. The van der Waals surface area contributed by atoms with Crippen LogP contribution in [0.15, 0.2) is 0 Å². The Labute approximate surface area is 91.0 Å². The van der Waals surface area contributed by atoms with Crippen molar-refractivity contribution in [3.05, 3.63) is 0 Å². The molecule has 92 valence electrons. The van der Waals surface area contributed by atoms with Crippen LogP contribution in [0.5, 0.6) is 0 Å². The van der Waals surface area contributed by atoms with E-state index in [1.165, 1.54) is 6.92 Å². The number of carbonyl (C=O) groups excluding carboxylic acids is 1. The van der Waals surface area contributed by atoms with Crippen LogP contribution >= 0.6 is 0 Å². The Bertz CT molecular complexity index is 313. The third-order valence-corrected chi connectivity index (χ3v) is 2.94. The van der Waals surface area contributed by atoms with E-state index in [0.717, 1.165) is 5.01 Å². The standard InChI is InChI=1S/C8H14N2O6/c1-3(12)10-8(9-10)6(14)5(13)4(2-11)16-7(8)15/h4-7,9,11,13-15H,2H2,1H3/t4-,5-,6+,7-,8-,10?/m1/s1. The summed E-state index contributed by atoms with van der Waals surface area (Å²) < 4.78 is 4.92. The van der Waals surface area contributed by atoms with Crippen molar-refractivity contribution >= 4 is 5.91 Å². The average Bonchev–Trinajstić information content (AvgIpc) is 2.98. The Balaban J connectivity index is 2.20. The highest BCUT2D eigenvalue weighted by Gasteiger charge is 2.70. The molecule has 8 nitrogen and oxygen atoms in total. The van der Waals surface area contributed by atoms with Crippen molar-refractivity contribution in [1.82, 2.24) is 10.4 Å². The van der Waals surface area contributed by atoms with Crippen molar-refractivity contribution in [2.24, 2.45) is 0 Å². The molecular formula is C8H14N2O6. The number of nitrogens with one attached hydrogen (secondary N) is 1. The normalized spacial score (nSPS) is 47.2. The van der Waals surface area contributed by atoms with E-state index >= 15 is 0 Å². The minimum atomic E-state index is -1.51. The van der Waals surface area contributed by atoms with E-state index in [0.29, 0.717) is 0 Å². The van der Waals surface area contributed by atoms with Gasteiger partial charge in [0.2, 0.25) is 11.6 Å². The van der Waals surface area contributed by atoms with Gasteiger partial charge < -0.3 is 25.2 Å². The number of aliphatic hydroxyl groups is 4. The van der Waals surface area contributed by atoms with Crippen LogP contribution < -0.4 is 5.43 Å². The molecule has 0 bridgehead atoms. The molecule has 16 heavy (non-hydrogen) atoms. The highest BCUT2D eigenvalue weighted by Crippen LogP contribution is 2.39. The Morgan fingerprint density at radius 1 is 1.50 bits per heavy atom. The van der Waals surface area contributed by atoms with Crippen molar-refractivity contribution in [2.45, 2.75) is 37.2 Å². The molecule has 1 amide bonds. The first kappa shape index (κ1) is 11.7. The summed E-state index contributed by atoms with van der Waals surface area (Å²) in [5, 5.41) is 38.9. The molecule has 0 aromatic carbocycles. The highest BCUT2D eigenvalue weighted by molar-refractivity contribution is 5.76. The van der Waals surface area contributed by atoms with Gasteiger partial charge in [-0.3, -0.25) is 4.79 Å². The van der Waals surface area contributed by atoms with E-state index in [2.05, 4.69) is 5.43 Å². The minimum absolute atomic E-state index is 0.420. The lowest BCUT2D eigenvalue weighted by molar-refractivity contribution is -0.266. The zero-order valence-corrected chi connectivity index (χ0v) is 8.57. The first-order valence-electron chi connectivity index (χ1n) is 4.84. The van der Waals surface area contributed by atoms with Crippen LogP contribution in [-0.4, -0.2) is 68.2 Å². The number of rotatable bonds is 1. The van der Waals surface area contributed by atoms with Gasteiger partial charge in [0.05, 0.1) is 6.61 Å². The van der Waals surface area contributed by atoms with Crippen LogP contribution in [0, 0.1) is 0 Å². The lowest BCUT2D eigenvalue weighted by Crippen LogP contribution is -2.63. The third-order valence-electron chi connectivity index (χ3n) is 2.94. The molecule has 0 saturated carbocycles. The van der Waals surface area contributed by atoms with Crippen LogP contribution in [0.25, 0.3) is 0 Å². The second kappa shape index (κ2) is 3.62. The van der Waals surface area contributed by atoms with Crippen molar-refractivity contribution in [3.63, 3.8) is 0 Å². The molecule has 1 spiro atoms. The van der Waals surface area contributed by atoms with E-state index < -0.39 is 42.8 Å². The Hall–Kier alpha value is -0.770. The summed E-state index contributed by atoms with van der Waals surface area (Å²) in [4.78, 5) is 11.1. The van der Waals surface area contributed by atoms with Crippen molar-refractivity contribution in [3.8, 4) is 0 Å². The highest BCUT2D eigenvalue weighted by atomic mass is 16.6. The third kappa shape index (κ3) is 1.35. The summed E-state index contributed by atoms with van der Waals surface area (Å²) in [6.07, 6.45) is -5.40. The van der Waals surface area contributed by atoms with Crippen molar-refractivity contribution in [1.29, 1.82) is 0 Å². The van der Waals surface area contributed by atoms with Gasteiger partial charge in [0, 0.05) is 6.92 Å². The van der Waals surface area contributed by atoms with Crippen LogP contribution in [0.4, 0.5) is 0 Å². The maximum absolute atomic E-state index is 11.1. The predicted molar refractivity (Wildman–Crippen MR) is 48.4 cm³/mol. The van der Waals surface area contributed by atoms with Gasteiger partial charge >= 0.3 is 0 Å². The van der Waals surface area contributed by atoms with E-state index in [1.807, 2.05) is 0 Å². The molecule has 5 N–H and O–H groups in total. The van der Waals surface area contributed by atoms with E-state index in [4.69, 9.17) is 9.84 Å². The minimum Gasteiger partial charge on any atom is -0.394 e. The molecular weight excluding hydrogens is 220 g/mol. The number of amides is 1. The van der Waals surface area contributed by atoms with Crippen LogP contribution in [0.2, 0.25) is 0 Å². The van der Waals surface area contributed by atoms with Gasteiger partial charge in [0.25, 0.3) is 0 Å². The number of carbonyl (C=O) groups is 1. The zero-order chi connectivity index (χ0) is 12.1. The monoisotopic (exact) mass is 234 g/mol. The predicted octanol–water partition coefficient (Wildman–Crippen LogP) is -3.52. The fourth-order valence-electron chi connectivity index (χ4n) is 1.97. The van der Waals surface area contributed by atoms with E-state index in [1.54, 1.807) is 0 Å². The molecule has 0 aromatic heterocycles. The maximum atomic E-state index is 11.1. The van der Waals surface area contributed by atoms with Gasteiger partial charge in [-0.15, -0.1) is 0 Å². The first-order valence-corrected chi connectivity index (χ1v) is 4.84. The average molecular weight is 234 g/mol. The molecule has 0 unspecified atom stereocenters. The van der Waals surface area contributed by atoms with Gasteiger partial charge in [0.15, 0.2) is 6.29 Å². The van der Waals surface area contributed by atoms with Crippen LogP contribution in [0.3, 0.4) is 0 Å². The number of hydrazine groups is 1. The number of aliphatic hydroxyl groups excluding tert-OH is 4. The second-order valence-corrected chi connectivity index (χ2v) is 3.94. The van der Waals surface area contributed by atoms with Crippen molar-refractivity contribution in [2.75, 3.05) is 6.61 Å². The summed E-state index contributed by atoms with van der Waals surface area (Å²) in [6, 6.07) is 0. The Kier molecular flexibility index (Phi) is 2.65. The van der Waals surface area contributed by atoms with Gasteiger partial charge in [-0.25, -0.2) is 5.01 Å². The van der Waals surface area contributed by atoms with Crippen molar-refractivity contribution < 1.29 is 30.0 Å². The fraction of sp³-hybridized carbons (Fsp3) is 0.875. The lowest BCUT2D eigenvalue weighted by Gasteiger charge is -2.38. The number of ether oxygens (including phenoxy) is 1. The molecule has 2 aliphatic heterocycles. The SMILES string of the molecule is CC(=O)N1N[C@@]12[C@H](O)O[C@H](CO)[C@@H](O)[C@@H]2O. The molecule has 0 aliphatic carbocycles. The van der Waals surface area contributed by atoms with Gasteiger partial charge in [0.1, 0.15) is 18.3 Å². The van der Waals surface area contributed by atoms with Crippen LogP contribution in [0.1, 0.15) is 6.92 Å². The van der Waals surface area contributed by atoms with Gasteiger partial charge in [-0.2, -0.15) is 5.43 Å². The molecule has 2 fully saturated rings. The fourth-order valence-corrected chi connectivity index (χ4v) is 1.97. The smallest absolute Gasteiger partial charge is 0.235 e. The zero-order valence-electron chi connectivity index (χ0n) is 8.57. The number of hydrogen-bond acceptors (Lipinski definition) is 7. The Morgan fingerprint density at radius 3 is 2.56 bits per heavy atom. The van der Waals surface area contributed by atoms with E-state index in [9.17, 15) is 20.1 Å². The topological polar surface area (TPSA) is 132 Å². The summed E-state index contributed by atoms with van der Waals surface area (Å²) in [5.41, 5.74) is 0.972.